The third-order valence-corrected chi connectivity index (χ3v) is 5.40. The van der Waals surface area contributed by atoms with Crippen LogP contribution in [0.2, 0.25) is 10.0 Å². The van der Waals surface area contributed by atoms with Crippen LogP contribution in [0, 0.1) is 11.8 Å². The van der Waals surface area contributed by atoms with Gasteiger partial charge in [0.25, 0.3) is 0 Å². The van der Waals surface area contributed by atoms with Crippen LogP contribution in [-0.4, -0.2) is 23.9 Å². The Bertz CT molecular complexity index is 565. The molecule has 0 unspecified atom stereocenters. The Morgan fingerprint density at radius 2 is 2.09 bits per heavy atom. The summed E-state index contributed by atoms with van der Waals surface area (Å²) in [6.07, 6.45) is 3.98. The largest absolute Gasteiger partial charge is 0.338 e. The average Bonchev–Trinajstić information content (AvgIpc) is 2.94. The fourth-order valence-electron chi connectivity index (χ4n) is 3.65. The Morgan fingerprint density at radius 1 is 1.32 bits per heavy atom. The third-order valence-electron chi connectivity index (χ3n) is 4.84. The van der Waals surface area contributed by atoms with E-state index in [4.69, 9.17) is 28.9 Å². The Kier molecular flexibility index (Phi) is 6.00. The van der Waals surface area contributed by atoms with Crippen molar-refractivity contribution in [3.8, 4) is 0 Å². The van der Waals surface area contributed by atoms with Gasteiger partial charge in [-0.3, -0.25) is 4.79 Å². The van der Waals surface area contributed by atoms with Gasteiger partial charge in [0.1, 0.15) is 0 Å². The maximum Gasteiger partial charge on any atom is 0.226 e. The van der Waals surface area contributed by atoms with Gasteiger partial charge >= 0.3 is 0 Å². The van der Waals surface area contributed by atoms with Crippen molar-refractivity contribution in [2.45, 2.75) is 32.2 Å². The van der Waals surface area contributed by atoms with Crippen LogP contribution in [0.25, 0.3) is 0 Å². The molecule has 1 aromatic rings. The summed E-state index contributed by atoms with van der Waals surface area (Å²) >= 11 is 12.3. The van der Waals surface area contributed by atoms with Crippen LogP contribution in [0.1, 0.15) is 30.4 Å². The molecule has 2 N–H and O–H groups in total. The maximum absolute atomic E-state index is 12.8. The highest BCUT2D eigenvalue weighted by atomic mass is 35.5. The smallest absolute Gasteiger partial charge is 0.226 e. The lowest BCUT2D eigenvalue weighted by Crippen LogP contribution is -2.41. The van der Waals surface area contributed by atoms with E-state index >= 15 is 0 Å². The number of hydrogen-bond acceptors (Lipinski definition) is 2. The first-order valence-corrected chi connectivity index (χ1v) is 8.31. The lowest BCUT2D eigenvalue weighted by molar-refractivity contribution is -0.137. The fourth-order valence-corrected chi connectivity index (χ4v) is 4.24. The van der Waals surface area contributed by atoms with E-state index in [1.54, 1.807) is 6.07 Å². The van der Waals surface area contributed by atoms with Crippen LogP contribution in [0.3, 0.4) is 0 Å². The number of nitrogens with zero attached hydrogens (tertiary/aromatic N) is 1. The summed E-state index contributed by atoms with van der Waals surface area (Å²) in [5.41, 5.74) is 8.01. The molecule has 1 fully saturated rings. The van der Waals surface area contributed by atoms with E-state index in [0.717, 1.165) is 37.8 Å². The molecule has 1 saturated carbocycles. The molecule has 0 bridgehead atoms. The maximum atomic E-state index is 12.8. The van der Waals surface area contributed by atoms with Crippen LogP contribution >= 0.6 is 35.6 Å². The molecule has 1 aliphatic heterocycles. The first kappa shape index (κ1) is 17.9. The monoisotopic (exact) mass is 362 g/mol. The first-order valence-electron chi connectivity index (χ1n) is 7.55. The van der Waals surface area contributed by atoms with Crippen molar-refractivity contribution in [2.24, 2.45) is 17.6 Å². The number of halogens is 3. The topological polar surface area (TPSA) is 46.3 Å². The molecule has 1 amide bonds. The van der Waals surface area contributed by atoms with Gasteiger partial charge in [-0.05, 0) is 55.0 Å². The molecule has 1 aromatic carbocycles. The number of benzene rings is 1. The Morgan fingerprint density at radius 3 is 2.82 bits per heavy atom. The van der Waals surface area contributed by atoms with Crippen molar-refractivity contribution in [2.75, 3.05) is 13.1 Å². The lowest BCUT2D eigenvalue weighted by atomic mass is 9.92. The summed E-state index contributed by atoms with van der Waals surface area (Å²) in [4.78, 5) is 14.7. The van der Waals surface area contributed by atoms with Gasteiger partial charge in [0.2, 0.25) is 5.91 Å². The third kappa shape index (κ3) is 3.38. The molecule has 122 valence electrons. The number of carbonyl (C=O) groups is 1. The summed E-state index contributed by atoms with van der Waals surface area (Å²) in [6, 6.07) is 3.72. The number of rotatable bonds is 2. The second kappa shape index (κ2) is 7.39. The molecule has 0 radical (unpaired) electrons. The normalized spacial score (nSPS) is 23.9. The quantitative estimate of drug-likeness (QED) is 0.871. The van der Waals surface area contributed by atoms with Crippen LogP contribution in [0.4, 0.5) is 0 Å². The van der Waals surface area contributed by atoms with Crippen molar-refractivity contribution in [3.63, 3.8) is 0 Å². The molecule has 1 heterocycles. The fraction of sp³-hybridized carbons (Fsp3) is 0.562. The molecule has 6 heteroatoms. The van der Waals surface area contributed by atoms with Crippen LogP contribution in [0.15, 0.2) is 12.1 Å². The zero-order valence-electron chi connectivity index (χ0n) is 12.4. The molecule has 22 heavy (non-hydrogen) atoms. The summed E-state index contributed by atoms with van der Waals surface area (Å²) in [5.74, 6) is 0.696. The molecule has 0 saturated heterocycles. The minimum atomic E-state index is 0. The Balaban J connectivity index is 0.00000176. The van der Waals surface area contributed by atoms with Gasteiger partial charge in [0.15, 0.2) is 0 Å². The molecule has 2 aliphatic rings. The van der Waals surface area contributed by atoms with E-state index in [1.807, 2.05) is 11.0 Å². The van der Waals surface area contributed by atoms with Gasteiger partial charge in [0.05, 0.1) is 0 Å². The molecule has 1 aliphatic carbocycles. The molecular weight excluding hydrogens is 343 g/mol. The SMILES string of the molecule is Cl.NC[C@H]1CCC[C@H]1C(=O)N1CCc2cc(Cl)cc(Cl)c2C1. The zero-order valence-corrected chi connectivity index (χ0v) is 14.7. The van der Waals surface area contributed by atoms with E-state index < -0.39 is 0 Å². The van der Waals surface area contributed by atoms with E-state index in [1.165, 1.54) is 5.56 Å². The Hall–Kier alpha value is -0.480. The summed E-state index contributed by atoms with van der Waals surface area (Å²) in [5, 5.41) is 1.33. The predicted octanol–water partition coefficient (Wildman–Crippen LogP) is 3.67. The van der Waals surface area contributed by atoms with E-state index in [2.05, 4.69) is 0 Å². The standard InChI is InChI=1S/C16H20Cl2N2O.ClH/c17-12-6-10-4-5-20(9-14(10)15(18)7-12)16(21)13-3-1-2-11(13)8-19;/h6-7,11,13H,1-5,8-9,19H2;1H/t11-,13-;/m1./s1. The zero-order chi connectivity index (χ0) is 15.0. The summed E-state index contributed by atoms with van der Waals surface area (Å²) < 4.78 is 0. The second-order valence-corrected chi connectivity index (χ2v) is 6.91. The second-order valence-electron chi connectivity index (χ2n) is 6.07. The lowest BCUT2D eigenvalue weighted by Gasteiger charge is -2.33. The van der Waals surface area contributed by atoms with Gasteiger partial charge in [-0.25, -0.2) is 0 Å². The number of carbonyl (C=O) groups excluding carboxylic acids is 1. The number of fused-ring (bicyclic) bond motifs is 1. The highest BCUT2D eigenvalue weighted by molar-refractivity contribution is 6.35. The van der Waals surface area contributed by atoms with E-state index in [0.29, 0.717) is 29.1 Å². The molecule has 3 nitrogen and oxygen atoms in total. The van der Waals surface area contributed by atoms with Gasteiger partial charge in [-0.1, -0.05) is 29.6 Å². The highest BCUT2D eigenvalue weighted by Crippen LogP contribution is 2.35. The number of nitrogens with two attached hydrogens (primary N) is 1. The minimum Gasteiger partial charge on any atom is -0.338 e. The molecule has 0 aromatic heterocycles. The number of amides is 1. The van der Waals surface area contributed by atoms with Gasteiger partial charge < -0.3 is 10.6 Å². The Labute approximate surface area is 147 Å². The van der Waals surface area contributed by atoms with E-state index in [-0.39, 0.29) is 24.2 Å². The molecular formula is C16H21Cl3N2O. The number of hydrogen-bond donors (Lipinski definition) is 1. The van der Waals surface area contributed by atoms with Crippen LogP contribution < -0.4 is 5.73 Å². The molecule has 0 spiro atoms. The first-order chi connectivity index (χ1) is 10.1. The predicted molar refractivity (Wildman–Crippen MR) is 92.7 cm³/mol. The van der Waals surface area contributed by atoms with Crippen molar-refractivity contribution in [3.05, 3.63) is 33.3 Å². The highest BCUT2D eigenvalue weighted by Gasteiger charge is 2.35. The minimum absolute atomic E-state index is 0. The molecule has 3 rings (SSSR count). The van der Waals surface area contributed by atoms with Gasteiger partial charge in [0, 0.05) is 29.1 Å². The van der Waals surface area contributed by atoms with Crippen molar-refractivity contribution in [1.29, 1.82) is 0 Å². The van der Waals surface area contributed by atoms with Crippen LogP contribution in [0.5, 0.6) is 0 Å². The van der Waals surface area contributed by atoms with Gasteiger partial charge in [-0.15, -0.1) is 12.4 Å². The average molecular weight is 364 g/mol. The van der Waals surface area contributed by atoms with Gasteiger partial charge in [-0.2, -0.15) is 0 Å². The summed E-state index contributed by atoms with van der Waals surface area (Å²) in [6.45, 7) is 1.95. The van der Waals surface area contributed by atoms with Crippen molar-refractivity contribution < 1.29 is 4.79 Å². The van der Waals surface area contributed by atoms with Crippen molar-refractivity contribution >= 4 is 41.5 Å². The van der Waals surface area contributed by atoms with Crippen molar-refractivity contribution in [1.82, 2.24) is 4.90 Å². The summed E-state index contributed by atoms with van der Waals surface area (Å²) in [7, 11) is 0. The van der Waals surface area contributed by atoms with E-state index in [9.17, 15) is 4.79 Å². The van der Waals surface area contributed by atoms with Crippen LogP contribution in [-0.2, 0) is 17.8 Å². The molecule has 2 atom stereocenters.